The van der Waals surface area contributed by atoms with Gasteiger partial charge in [0.15, 0.2) is 5.78 Å². The number of Topliss-reactive ketones (excluding diaryl/α,β-unsaturated/α-hetero) is 1. The Kier molecular flexibility index (Phi) is 3.09. The highest BCUT2D eigenvalue weighted by Crippen LogP contribution is 2.54. The second kappa shape index (κ2) is 5.84. The van der Waals surface area contributed by atoms with Crippen molar-refractivity contribution in [3.63, 3.8) is 0 Å². The van der Waals surface area contributed by atoms with Gasteiger partial charge in [0.25, 0.3) is 0 Å². The lowest BCUT2D eigenvalue weighted by Gasteiger charge is -2.52. The van der Waals surface area contributed by atoms with Gasteiger partial charge in [-0.1, -0.05) is 30.3 Å². The molecule has 3 aliphatic heterocycles. The molecule has 1 spiro atoms. The van der Waals surface area contributed by atoms with Crippen LogP contribution < -0.4 is 10.6 Å². The number of nitrogens with one attached hydrogen (secondary N) is 2. The third-order valence-corrected chi connectivity index (χ3v) is 7.66. The number of carbonyl (C=O) groups is 1. The molecule has 2 atom stereocenters. The van der Waals surface area contributed by atoms with Crippen molar-refractivity contribution in [3.8, 4) is 0 Å². The molecule has 158 valence electrons. The summed E-state index contributed by atoms with van der Waals surface area (Å²) in [5.41, 5.74) is 6.59. The molecule has 6 heteroatoms. The number of fused-ring (bicyclic) bond motifs is 4. The second-order valence-electron chi connectivity index (χ2n) is 9.17. The first-order valence-corrected chi connectivity index (χ1v) is 11.4. The lowest BCUT2D eigenvalue weighted by molar-refractivity contribution is 0.0857. The number of aliphatic imine (C=N–C) groups is 1. The molecule has 6 nitrogen and oxygen atoms in total. The average molecular weight is 429 g/mol. The minimum absolute atomic E-state index is 0.142. The van der Waals surface area contributed by atoms with E-state index >= 15 is 0 Å². The molecule has 1 aliphatic carbocycles. The molecule has 0 unspecified atom stereocenters. The fraction of sp³-hybridized carbons (Fsp3) is 0.185. The average Bonchev–Trinajstić information content (AvgIpc) is 2.87. The van der Waals surface area contributed by atoms with E-state index in [1.54, 1.807) is 0 Å². The van der Waals surface area contributed by atoms with E-state index in [0.29, 0.717) is 13.1 Å². The van der Waals surface area contributed by atoms with Crippen molar-refractivity contribution >= 4 is 38.9 Å². The molecule has 33 heavy (non-hydrogen) atoms. The van der Waals surface area contributed by atoms with E-state index in [1.807, 2.05) is 42.6 Å². The SMILES string of the molecule is O=C1c2ccccc2N[C@]23C4=C(CCN=C4c4nccc5c4c2nc2ccccc25)NC[C@@H]13. The smallest absolute Gasteiger partial charge is 0.172 e. The van der Waals surface area contributed by atoms with Crippen LogP contribution in [0, 0.1) is 5.92 Å². The fourth-order valence-electron chi connectivity index (χ4n) is 6.33. The van der Waals surface area contributed by atoms with Crippen molar-refractivity contribution in [2.24, 2.45) is 10.9 Å². The van der Waals surface area contributed by atoms with Crippen LogP contribution in [0.25, 0.3) is 21.7 Å². The molecule has 0 fully saturated rings. The first kappa shape index (κ1) is 17.5. The maximum Gasteiger partial charge on any atom is 0.172 e. The standard InChI is InChI=1S/C27H19N5O/c33-25-16-6-2-4-8-19(16)32-27-17(25)13-30-20-10-12-29-24(22(20)27)23-21-15(9-11-28-23)14-5-1-3-7-18(14)31-26(21)27/h1-9,11,17,30,32H,10,12-13H2/t17-,27+/m0/s1. The lowest BCUT2D eigenvalue weighted by Crippen LogP contribution is -2.61. The number of anilines is 1. The zero-order chi connectivity index (χ0) is 21.7. The molecule has 0 saturated heterocycles. The topological polar surface area (TPSA) is 79.3 Å². The molecule has 0 saturated carbocycles. The highest BCUT2D eigenvalue weighted by atomic mass is 16.1. The molecule has 0 radical (unpaired) electrons. The molecule has 4 aromatic rings. The Hall–Kier alpha value is -4.06. The fourth-order valence-corrected chi connectivity index (χ4v) is 6.33. The van der Waals surface area contributed by atoms with Crippen LogP contribution >= 0.6 is 0 Å². The molecule has 8 rings (SSSR count). The number of benzene rings is 2. The van der Waals surface area contributed by atoms with Crippen LogP contribution in [0.4, 0.5) is 5.69 Å². The first-order valence-electron chi connectivity index (χ1n) is 11.4. The van der Waals surface area contributed by atoms with Gasteiger partial charge in [-0.2, -0.15) is 0 Å². The summed E-state index contributed by atoms with van der Waals surface area (Å²) in [4.78, 5) is 29.0. The Balaban J connectivity index is 1.60. The zero-order valence-corrected chi connectivity index (χ0v) is 17.7. The predicted octanol–water partition coefficient (Wildman–Crippen LogP) is 3.97. The van der Waals surface area contributed by atoms with Crippen molar-refractivity contribution in [2.75, 3.05) is 18.4 Å². The Morgan fingerprint density at radius 3 is 2.85 bits per heavy atom. The number of dihydropyridines is 1. The first-order chi connectivity index (χ1) is 16.3. The summed E-state index contributed by atoms with van der Waals surface area (Å²) in [7, 11) is 0. The predicted molar refractivity (Wildman–Crippen MR) is 128 cm³/mol. The number of rotatable bonds is 0. The number of para-hydroxylation sites is 2. The third kappa shape index (κ3) is 1.96. The lowest BCUT2D eigenvalue weighted by atomic mass is 9.61. The summed E-state index contributed by atoms with van der Waals surface area (Å²) in [6.45, 7) is 1.28. The van der Waals surface area contributed by atoms with E-state index in [-0.39, 0.29) is 11.7 Å². The Morgan fingerprint density at radius 2 is 1.88 bits per heavy atom. The summed E-state index contributed by atoms with van der Waals surface area (Å²) >= 11 is 0. The van der Waals surface area contributed by atoms with Gasteiger partial charge in [-0.25, -0.2) is 4.98 Å². The van der Waals surface area contributed by atoms with E-state index in [4.69, 9.17) is 15.0 Å². The minimum Gasteiger partial charge on any atom is -0.387 e. The quantitative estimate of drug-likeness (QED) is 0.414. The second-order valence-corrected chi connectivity index (χ2v) is 9.17. The van der Waals surface area contributed by atoms with Gasteiger partial charge in [0.1, 0.15) is 5.54 Å². The molecule has 2 aromatic heterocycles. The number of carbonyl (C=O) groups excluding carboxylic acids is 1. The summed E-state index contributed by atoms with van der Waals surface area (Å²) in [5.74, 6) is -0.191. The van der Waals surface area contributed by atoms with Crippen molar-refractivity contribution < 1.29 is 4.79 Å². The molecule has 0 amide bonds. The van der Waals surface area contributed by atoms with Crippen molar-refractivity contribution in [3.05, 3.63) is 89.0 Å². The van der Waals surface area contributed by atoms with Crippen LogP contribution in [0.1, 0.15) is 28.2 Å². The highest BCUT2D eigenvalue weighted by Gasteiger charge is 2.59. The van der Waals surface area contributed by atoms with Crippen LogP contribution in [0.2, 0.25) is 0 Å². The number of ketones is 1. The van der Waals surface area contributed by atoms with Crippen LogP contribution in [0.3, 0.4) is 0 Å². The van der Waals surface area contributed by atoms with Gasteiger partial charge in [-0.05, 0) is 29.7 Å². The summed E-state index contributed by atoms with van der Waals surface area (Å²) in [6, 6.07) is 18.1. The van der Waals surface area contributed by atoms with Gasteiger partial charge in [0.2, 0.25) is 0 Å². The number of aromatic nitrogens is 2. The third-order valence-electron chi connectivity index (χ3n) is 7.66. The highest BCUT2D eigenvalue weighted by molar-refractivity contribution is 6.27. The Bertz CT molecular complexity index is 1630. The van der Waals surface area contributed by atoms with Crippen molar-refractivity contribution in [1.82, 2.24) is 15.3 Å². The van der Waals surface area contributed by atoms with Crippen LogP contribution in [-0.4, -0.2) is 34.6 Å². The Labute approximate surface area is 189 Å². The van der Waals surface area contributed by atoms with Crippen LogP contribution in [-0.2, 0) is 5.54 Å². The van der Waals surface area contributed by atoms with E-state index < -0.39 is 5.54 Å². The molecule has 4 aliphatic rings. The molecular formula is C27H19N5O. The summed E-state index contributed by atoms with van der Waals surface area (Å²) in [6.07, 6.45) is 2.69. The molecule has 2 aromatic carbocycles. The number of nitrogens with zero attached hydrogens (tertiary/aromatic N) is 3. The van der Waals surface area contributed by atoms with Crippen LogP contribution in [0.5, 0.6) is 0 Å². The molecular weight excluding hydrogens is 410 g/mol. The van der Waals surface area contributed by atoms with Crippen molar-refractivity contribution in [1.29, 1.82) is 0 Å². The maximum absolute atomic E-state index is 13.9. The van der Waals surface area contributed by atoms with E-state index in [2.05, 4.69) is 28.8 Å². The number of pyridine rings is 2. The van der Waals surface area contributed by atoms with Gasteiger partial charge in [-0.3, -0.25) is 14.8 Å². The van der Waals surface area contributed by atoms with Gasteiger partial charge in [0, 0.05) is 59.0 Å². The summed E-state index contributed by atoms with van der Waals surface area (Å²) < 4.78 is 0. The summed E-state index contributed by atoms with van der Waals surface area (Å²) in [5, 5.41) is 10.6. The number of hydrogen-bond donors (Lipinski definition) is 2. The van der Waals surface area contributed by atoms with Gasteiger partial charge in [0.05, 0.1) is 28.5 Å². The van der Waals surface area contributed by atoms with E-state index in [1.165, 1.54) is 0 Å². The van der Waals surface area contributed by atoms with E-state index in [9.17, 15) is 4.79 Å². The normalized spacial score (nSPS) is 24.4. The van der Waals surface area contributed by atoms with Gasteiger partial charge >= 0.3 is 0 Å². The maximum atomic E-state index is 13.9. The Morgan fingerprint density at radius 1 is 1.00 bits per heavy atom. The van der Waals surface area contributed by atoms with Crippen molar-refractivity contribution in [2.45, 2.75) is 12.0 Å². The molecule has 5 heterocycles. The van der Waals surface area contributed by atoms with Gasteiger partial charge in [-0.15, -0.1) is 0 Å². The van der Waals surface area contributed by atoms with E-state index in [0.717, 1.165) is 67.7 Å². The monoisotopic (exact) mass is 429 g/mol. The largest absolute Gasteiger partial charge is 0.387 e. The molecule has 2 N–H and O–H groups in total. The zero-order valence-electron chi connectivity index (χ0n) is 17.7. The van der Waals surface area contributed by atoms with Crippen LogP contribution in [0.15, 0.2) is 77.1 Å². The van der Waals surface area contributed by atoms with Gasteiger partial charge < -0.3 is 10.6 Å². The minimum atomic E-state index is -0.774. The number of hydrogen-bond acceptors (Lipinski definition) is 6. The molecule has 0 bridgehead atoms.